The van der Waals surface area contributed by atoms with Crippen LogP contribution in [0.5, 0.6) is 0 Å². The molecular formula is C14H16N2O4. The molecule has 6 nitrogen and oxygen atoms in total. The van der Waals surface area contributed by atoms with Gasteiger partial charge >= 0.3 is 6.09 Å². The first-order valence-corrected chi connectivity index (χ1v) is 6.56. The van der Waals surface area contributed by atoms with Gasteiger partial charge in [-0.1, -0.05) is 18.2 Å². The minimum atomic E-state index is -0.464. The number of amides is 1. The average molecular weight is 276 g/mol. The van der Waals surface area contributed by atoms with E-state index in [0.29, 0.717) is 18.2 Å². The van der Waals surface area contributed by atoms with E-state index in [4.69, 9.17) is 19.9 Å². The molecule has 0 spiro atoms. The maximum Gasteiger partial charge on any atom is 0.417 e. The first-order valence-electron chi connectivity index (χ1n) is 6.56. The summed E-state index contributed by atoms with van der Waals surface area (Å²) in [5, 5.41) is 0. The number of rotatable bonds is 3. The molecule has 2 aliphatic heterocycles. The summed E-state index contributed by atoms with van der Waals surface area (Å²) in [5.41, 5.74) is 6.55. The lowest BCUT2D eigenvalue weighted by Gasteiger charge is -2.23. The predicted molar refractivity (Wildman–Crippen MR) is 70.8 cm³/mol. The molecule has 3 aliphatic rings. The van der Waals surface area contributed by atoms with Crippen LogP contribution < -0.4 is 5.73 Å². The minimum absolute atomic E-state index is 0.287. The lowest BCUT2D eigenvalue weighted by molar-refractivity contribution is 0.120. The Hall–Kier alpha value is -2.21. The molecule has 0 aromatic heterocycles. The number of nitrogens with two attached hydrogens (primary N) is 1. The highest BCUT2D eigenvalue weighted by Gasteiger charge is 2.35. The maximum absolute atomic E-state index is 11.8. The molecule has 1 saturated heterocycles. The van der Waals surface area contributed by atoms with Crippen molar-refractivity contribution in [3.05, 3.63) is 48.0 Å². The van der Waals surface area contributed by atoms with Crippen LogP contribution in [0.4, 0.5) is 4.79 Å². The van der Waals surface area contributed by atoms with E-state index in [-0.39, 0.29) is 12.6 Å². The van der Waals surface area contributed by atoms with Crippen LogP contribution >= 0.6 is 0 Å². The van der Waals surface area contributed by atoms with Gasteiger partial charge in [-0.15, -0.1) is 0 Å². The van der Waals surface area contributed by atoms with Gasteiger partial charge in [-0.25, -0.2) is 9.69 Å². The molecule has 6 heteroatoms. The van der Waals surface area contributed by atoms with E-state index in [1.165, 1.54) is 17.4 Å². The molecule has 1 atom stereocenters. The van der Waals surface area contributed by atoms with Crippen LogP contribution in [0.15, 0.2) is 48.0 Å². The highest BCUT2D eigenvalue weighted by molar-refractivity contribution is 5.72. The SMILES string of the molecule is NC[C@H]1CN(C2=COC=C(C3=CC=CCC3)O2)C(=O)O1. The number of hydrogen-bond donors (Lipinski definition) is 1. The molecule has 1 aliphatic carbocycles. The smallest absolute Gasteiger partial charge is 0.417 e. The number of allylic oxidation sites excluding steroid dienone is 4. The molecule has 3 rings (SSSR count). The van der Waals surface area contributed by atoms with E-state index in [0.717, 1.165) is 18.4 Å². The molecule has 0 unspecified atom stereocenters. The molecule has 2 heterocycles. The Morgan fingerprint density at radius 1 is 1.40 bits per heavy atom. The van der Waals surface area contributed by atoms with E-state index < -0.39 is 6.09 Å². The zero-order chi connectivity index (χ0) is 13.9. The molecule has 2 N–H and O–H groups in total. The van der Waals surface area contributed by atoms with Crippen molar-refractivity contribution in [3.8, 4) is 0 Å². The summed E-state index contributed by atoms with van der Waals surface area (Å²) in [4.78, 5) is 13.1. The summed E-state index contributed by atoms with van der Waals surface area (Å²) >= 11 is 0. The van der Waals surface area contributed by atoms with Gasteiger partial charge in [0.15, 0.2) is 12.0 Å². The van der Waals surface area contributed by atoms with E-state index in [1.54, 1.807) is 0 Å². The first-order chi connectivity index (χ1) is 9.78. The van der Waals surface area contributed by atoms with Gasteiger partial charge in [-0.2, -0.15) is 0 Å². The van der Waals surface area contributed by atoms with Crippen LogP contribution in [-0.4, -0.2) is 30.2 Å². The standard InChI is InChI=1S/C14H16N2O4/c15-6-11-7-16(14(17)19-11)13-9-18-8-12(20-13)10-4-2-1-3-5-10/h1-2,4,8-9,11H,3,5-7,15H2/t11-/m0/s1. The van der Waals surface area contributed by atoms with Crippen LogP contribution in [0.1, 0.15) is 12.8 Å². The van der Waals surface area contributed by atoms with Crippen molar-refractivity contribution < 1.29 is 19.0 Å². The molecular weight excluding hydrogens is 260 g/mol. The Bertz CT molecular complexity index is 533. The maximum atomic E-state index is 11.8. The molecule has 106 valence electrons. The van der Waals surface area contributed by atoms with Crippen LogP contribution in [0.2, 0.25) is 0 Å². The number of ether oxygens (including phenoxy) is 3. The number of cyclic esters (lactones) is 1. The van der Waals surface area contributed by atoms with Crippen molar-refractivity contribution in [1.29, 1.82) is 0 Å². The Morgan fingerprint density at radius 2 is 2.30 bits per heavy atom. The fourth-order valence-electron chi connectivity index (χ4n) is 2.21. The summed E-state index contributed by atoms with van der Waals surface area (Å²) in [6, 6.07) is 0. The van der Waals surface area contributed by atoms with Gasteiger partial charge in [-0.05, 0) is 18.4 Å². The topological polar surface area (TPSA) is 74.0 Å². The highest BCUT2D eigenvalue weighted by atomic mass is 16.6. The third kappa shape index (κ3) is 2.42. The fourth-order valence-corrected chi connectivity index (χ4v) is 2.21. The minimum Gasteiger partial charge on any atom is -0.463 e. The van der Waals surface area contributed by atoms with Gasteiger partial charge < -0.3 is 19.9 Å². The van der Waals surface area contributed by atoms with E-state index in [2.05, 4.69) is 6.08 Å². The van der Waals surface area contributed by atoms with Crippen molar-refractivity contribution in [2.24, 2.45) is 5.73 Å². The van der Waals surface area contributed by atoms with Crippen LogP contribution in [0, 0.1) is 0 Å². The van der Waals surface area contributed by atoms with Crippen molar-refractivity contribution in [3.63, 3.8) is 0 Å². The second-order valence-corrected chi connectivity index (χ2v) is 4.69. The summed E-state index contributed by atoms with van der Waals surface area (Å²) in [7, 11) is 0. The zero-order valence-electron chi connectivity index (χ0n) is 11.0. The summed E-state index contributed by atoms with van der Waals surface area (Å²) < 4.78 is 16.1. The Balaban J connectivity index is 1.71. The van der Waals surface area contributed by atoms with Gasteiger partial charge in [0, 0.05) is 6.54 Å². The quantitative estimate of drug-likeness (QED) is 0.849. The second-order valence-electron chi connectivity index (χ2n) is 4.69. The van der Waals surface area contributed by atoms with Crippen molar-refractivity contribution in [1.82, 2.24) is 4.90 Å². The number of hydrogen-bond acceptors (Lipinski definition) is 5. The van der Waals surface area contributed by atoms with E-state index >= 15 is 0 Å². The summed E-state index contributed by atoms with van der Waals surface area (Å²) in [6.07, 6.45) is 10.1. The lowest BCUT2D eigenvalue weighted by Crippen LogP contribution is -2.29. The van der Waals surface area contributed by atoms with Gasteiger partial charge in [0.1, 0.15) is 12.4 Å². The Labute approximate surface area is 116 Å². The Kier molecular flexibility index (Phi) is 3.47. The average Bonchev–Trinajstić information content (AvgIpc) is 2.89. The van der Waals surface area contributed by atoms with Crippen LogP contribution in [-0.2, 0) is 14.2 Å². The molecule has 20 heavy (non-hydrogen) atoms. The largest absolute Gasteiger partial charge is 0.463 e. The normalized spacial score (nSPS) is 25.2. The van der Waals surface area contributed by atoms with Gasteiger partial charge in [0.25, 0.3) is 0 Å². The van der Waals surface area contributed by atoms with Gasteiger partial charge in [0.2, 0.25) is 5.88 Å². The molecule has 0 bridgehead atoms. The number of carbonyl (C=O) groups is 1. The molecule has 0 aromatic rings. The van der Waals surface area contributed by atoms with E-state index in [9.17, 15) is 4.79 Å². The van der Waals surface area contributed by atoms with Crippen LogP contribution in [0.25, 0.3) is 0 Å². The van der Waals surface area contributed by atoms with E-state index in [1.807, 2.05) is 12.2 Å². The lowest BCUT2D eigenvalue weighted by atomic mass is 10.0. The Morgan fingerprint density at radius 3 is 3.00 bits per heavy atom. The monoisotopic (exact) mass is 276 g/mol. The predicted octanol–water partition coefficient (Wildman–Crippen LogP) is 1.73. The second kappa shape index (κ2) is 5.42. The molecule has 0 saturated carbocycles. The number of carbonyl (C=O) groups excluding carboxylic acids is 1. The third-order valence-corrected chi connectivity index (χ3v) is 3.29. The summed E-state index contributed by atoms with van der Waals surface area (Å²) in [6.45, 7) is 0.659. The van der Waals surface area contributed by atoms with Crippen molar-refractivity contribution in [2.45, 2.75) is 18.9 Å². The highest BCUT2D eigenvalue weighted by Crippen LogP contribution is 2.29. The zero-order valence-corrected chi connectivity index (χ0v) is 11.0. The van der Waals surface area contributed by atoms with Crippen LogP contribution in [0.3, 0.4) is 0 Å². The number of nitrogens with zero attached hydrogens (tertiary/aromatic N) is 1. The summed E-state index contributed by atoms with van der Waals surface area (Å²) in [5.74, 6) is 0.953. The molecule has 1 fully saturated rings. The van der Waals surface area contributed by atoms with Gasteiger partial charge in [-0.3, -0.25) is 0 Å². The molecule has 1 amide bonds. The third-order valence-electron chi connectivity index (χ3n) is 3.29. The van der Waals surface area contributed by atoms with Gasteiger partial charge in [0.05, 0.1) is 6.54 Å². The first kappa shape index (κ1) is 12.8. The molecule has 0 radical (unpaired) electrons. The van der Waals surface area contributed by atoms with Crippen molar-refractivity contribution in [2.75, 3.05) is 13.1 Å². The fraction of sp³-hybridized carbons (Fsp3) is 0.357. The van der Waals surface area contributed by atoms with Crippen molar-refractivity contribution >= 4 is 6.09 Å². The molecule has 0 aromatic carbocycles.